The zero-order valence-electron chi connectivity index (χ0n) is 13.5. The summed E-state index contributed by atoms with van der Waals surface area (Å²) in [6, 6.07) is 13.6. The minimum Gasteiger partial charge on any atom is -0.357 e. The van der Waals surface area contributed by atoms with E-state index < -0.39 is 0 Å². The minimum atomic E-state index is 0.274. The van der Waals surface area contributed by atoms with Crippen LogP contribution < -0.4 is 5.32 Å². The summed E-state index contributed by atoms with van der Waals surface area (Å²) in [4.78, 5) is 3.68. The smallest absolute Gasteiger partial charge is 0.0735 e. The van der Waals surface area contributed by atoms with Crippen molar-refractivity contribution < 1.29 is 0 Å². The van der Waals surface area contributed by atoms with Crippen LogP contribution in [-0.2, 0) is 6.42 Å². The maximum Gasteiger partial charge on any atom is 0.0735 e. The lowest BCUT2D eigenvalue weighted by atomic mass is 9.90. The zero-order chi connectivity index (χ0) is 15.3. The molecule has 2 aromatic carbocycles. The summed E-state index contributed by atoms with van der Waals surface area (Å²) in [5.41, 5.74) is 9.57. The molecule has 0 saturated carbocycles. The van der Waals surface area contributed by atoms with Gasteiger partial charge in [0.05, 0.1) is 6.04 Å². The average Bonchev–Trinajstić information content (AvgIpc) is 2.88. The summed E-state index contributed by atoms with van der Waals surface area (Å²) >= 11 is 0. The van der Waals surface area contributed by atoms with E-state index in [4.69, 9.17) is 0 Å². The molecule has 1 aliphatic rings. The van der Waals surface area contributed by atoms with Crippen molar-refractivity contribution in [2.24, 2.45) is 0 Å². The van der Waals surface area contributed by atoms with Crippen LogP contribution in [0.3, 0.4) is 0 Å². The summed E-state index contributed by atoms with van der Waals surface area (Å²) in [6.07, 6.45) is 1.10. The Morgan fingerprint density at radius 3 is 2.77 bits per heavy atom. The Labute approximate surface area is 131 Å². The van der Waals surface area contributed by atoms with Crippen molar-refractivity contribution in [3.8, 4) is 0 Å². The van der Waals surface area contributed by atoms with E-state index in [1.165, 1.54) is 44.4 Å². The molecule has 2 N–H and O–H groups in total. The van der Waals surface area contributed by atoms with E-state index in [0.717, 1.165) is 13.0 Å². The number of hydrogen-bond donors (Lipinski definition) is 2. The first-order chi connectivity index (χ1) is 10.6. The summed E-state index contributed by atoms with van der Waals surface area (Å²) in [7, 11) is 0. The number of aromatic nitrogens is 1. The molecule has 0 fully saturated rings. The number of aryl methyl sites for hydroxylation is 2. The zero-order valence-corrected chi connectivity index (χ0v) is 13.5. The van der Waals surface area contributed by atoms with Crippen LogP contribution in [0.4, 0.5) is 0 Å². The molecule has 2 nitrogen and oxygen atoms in total. The van der Waals surface area contributed by atoms with E-state index in [1.54, 1.807) is 0 Å². The number of fused-ring (bicyclic) bond motifs is 3. The van der Waals surface area contributed by atoms with Gasteiger partial charge in [-0.1, -0.05) is 29.8 Å². The lowest BCUT2D eigenvalue weighted by molar-refractivity contribution is 0.558. The van der Waals surface area contributed by atoms with Gasteiger partial charge in [-0.05, 0) is 61.6 Å². The minimum absolute atomic E-state index is 0.274. The van der Waals surface area contributed by atoms with Crippen molar-refractivity contribution in [3.05, 3.63) is 69.9 Å². The second kappa shape index (κ2) is 4.99. The summed E-state index contributed by atoms with van der Waals surface area (Å²) < 4.78 is 0. The molecule has 0 bridgehead atoms. The molecule has 22 heavy (non-hydrogen) atoms. The van der Waals surface area contributed by atoms with Gasteiger partial charge in [0.1, 0.15) is 0 Å². The second-order valence-corrected chi connectivity index (χ2v) is 6.49. The van der Waals surface area contributed by atoms with Crippen molar-refractivity contribution in [1.82, 2.24) is 10.3 Å². The largest absolute Gasteiger partial charge is 0.357 e. The number of rotatable bonds is 1. The highest BCUT2D eigenvalue weighted by atomic mass is 15.0. The third-order valence-electron chi connectivity index (χ3n) is 5.06. The van der Waals surface area contributed by atoms with Crippen molar-refractivity contribution >= 4 is 10.9 Å². The Morgan fingerprint density at radius 2 is 1.91 bits per heavy atom. The maximum atomic E-state index is 3.70. The van der Waals surface area contributed by atoms with E-state index in [-0.39, 0.29) is 6.04 Å². The van der Waals surface area contributed by atoms with Crippen molar-refractivity contribution in [2.75, 3.05) is 6.54 Å². The van der Waals surface area contributed by atoms with Gasteiger partial charge in [-0.2, -0.15) is 0 Å². The van der Waals surface area contributed by atoms with Crippen LogP contribution in [-0.4, -0.2) is 11.5 Å². The third kappa shape index (κ3) is 1.98. The molecular weight excluding hydrogens is 268 g/mol. The molecule has 3 aromatic rings. The molecular formula is C20H22N2. The van der Waals surface area contributed by atoms with Crippen LogP contribution in [0.15, 0.2) is 36.4 Å². The van der Waals surface area contributed by atoms with Gasteiger partial charge < -0.3 is 10.3 Å². The molecule has 0 amide bonds. The van der Waals surface area contributed by atoms with Gasteiger partial charge in [-0.3, -0.25) is 0 Å². The van der Waals surface area contributed by atoms with Crippen LogP contribution >= 0.6 is 0 Å². The highest BCUT2D eigenvalue weighted by molar-refractivity contribution is 5.86. The van der Waals surface area contributed by atoms with Gasteiger partial charge in [-0.25, -0.2) is 0 Å². The van der Waals surface area contributed by atoms with Gasteiger partial charge >= 0.3 is 0 Å². The average molecular weight is 290 g/mol. The first kappa shape index (κ1) is 13.6. The van der Waals surface area contributed by atoms with Crippen molar-refractivity contribution in [1.29, 1.82) is 0 Å². The molecule has 2 heteroatoms. The highest BCUT2D eigenvalue weighted by Crippen LogP contribution is 2.35. The molecule has 4 rings (SSSR count). The number of benzene rings is 2. The summed E-state index contributed by atoms with van der Waals surface area (Å²) in [5.74, 6) is 0. The number of H-pyrrole nitrogens is 1. The van der Waals surface area contributed by atoms with Gasteiger partial charge in [0.25, 0.3) is 0 Å². The fraction of sp³-hybridized carbons (Fsp3) is 0.300. The molecule has 1 unspecified atom stereocenters. The lowest BCUT2D eigenvalue weighted by Crippen LogP contribution is -2.31. The SMILES string of the molecule is Cc1ccc2[nH]c3c(c2c1)CCNC3c1cccc(C)c1C. The molecule has 0 saturated heterocycles. The first-order valence-electron chi connectivity index (χ1n) is 8.06. The van der Waals surface area contributed by atoms with Crippen molar-refractivity contribution in [2.45, 2.75) is 33.2 Å². The number of hydrogen-bond acceptors (Lipinski definition) is 1. The molecule has 0 spiro atoms. The molecule has 0 aliphatic carbocycles. The van der Waals surface area contributed by atoms with E-state index >= 15 is 0 Å². The summed E-state index contributed by atoms with van der Waals surface area (Å²) in [5, 5.41) is 5.10. The molecule has 1 atom stereocenters. The highest BCUT2D eigenvalue weighted by Gasteiger charge is 2.26. The predicted molar refractivity (Wildman–Crippen MR) is 92.5 cm³/mol. The number of nitrogens with one attached hydrogen (secondary N) is 2. The lowest BCUT2D eigenvalue weighted by Gasteiger charge is -2.26. The van der Waals surface area contributed by atoms with Crippen LogP contribution in [0.5, 0.6) is 0 Å². The van der Waals surface area contributed by atoms with Crippen molar-refractivity contribution in [3.63, 3.8) is 0 Å². The fourth-order valence-corrected chi connectivity index (χ4v) is 3.69. The Morgan fingerprint density at radius 1 is 1.05 bits per heavy atom. The number of aromatic amines is 1. The Balaban J connectivity index is 1.92. The maximum absolute atomic E-state index is 3.70. The van der Waals surface area contributed by atoms with Gasteiger partial charge in [0, 0.05) is 23.1 Å². The van der Waals surface area contributed by atoms with Gasteiger partial charge in [-0.15, -0.1) is 0 Å². The van der Waals surface area contributed by atoms with E-state index in [0.29, 0.717) is 0 Å². The first-order valence-corrected chi connectivity index (χ1v) is 8.06. The van der Waals surface area contributed by atoms with E-state index in [2.05, 4.69) is 67.5 Å². The Hall–Kier alpha value is -2.06. The topological polar surface area (TPSA) is 27.8 Å². The van der Waals surface area contributed by atoms with E-state index in [1.807, 2.05) is 0 Å². The standard InChI is InChI=1S/C20H22N2/c1-12-7-8-18-17(11-12)16-9-10-21-19(20(16)22-18)15-6-4-5-13(2)14(15)3/h4-8,11,19,21-22H,9-10H2,1-3H3. The third-order valence-corrected chi connectivity index (χ3v) is 5.06. The van der Waals surface area contributed by atoms with Gasteiger partial charge in [0.2, 0.25) is 0 Å². The van der Waals surface area contributed by atoms with Crippen LogP contribution in [0.2, 0.25) is 0 Å². The van der Waals surface area contributed by atoms with Crippen LogP contribution in [0.1, 0.15) is 39.6 Å². The molecule has 0 radical (unpaired) electrons. The predicted octanol–water partition coefficient (Wildman–Crippen LogP) is 4.33. The monoisotopic (exact) mass is 290 g/mol. The normalized spacial score (nSPS) is 17.7. The van der Waals surface area contributed by atoms with Crippen LogP contribution in [0.25, 0.3) is 10.9 Å². The fourth-order valence-electron chi connectivity index (χ4n) is 3.69. The Kier molecular flexibility index (Phi) is 3.08. The summed E-state index contributed by atoms with van der Waals surface area (Å²) in [6.45, 7) is 7.62. The molecule has 1 aromatic heterocycles. The Bertz CT molecular complexity index is 858. The van der Waals surface area contributed by atoms with Crippen LogP contribution in [0, 0.1) is 20.8 Å². The molecule has 112 valence electrons. The second-order valence-electron chi connectivity index (χ2n) is 6.49. The van der Waals surface area contributed by atoms with Gasteiger partial charge in [0.15, 0.2) is 0 Å². The van der Waals surface area contributed by atoms with E-state index in [9.17, 15) is 0 Å². The molecule has 2 heterocycles. The quantitative estimate of drug-likeness (QED) is 0.686. The molecule has 1 aliphatic heterocycles.